The van der Waals surface area contributed by atoms with Gasteiger partial charge in [-0.1, -0.05) is 31.2 Å². The first-order valence-electron chi connectivity index (χ1n) is 10.2. The second kappa shape index (κ2) is 10.2. The summed E-state index contributed by atoms with van der Waals surface area (Å²) in [6, 6.07) is 14.0. The van der Waals surface area contributed by atoms with E-state index in [-0.39, 0.29) is 0 Å². The van der Waals surface area contributed by atoms with Crippen LogP contribution in [0.3, 0.4) is 0 Å². The number of rotatable bonds is 7. The summed E-state index contributed by atoms with van der Waals surface area (Å²) in [7, 11) is 3.22. The standard InChI is InChI=1S/C23H32N4O2/c1-17-10-12-27(13-11-17)16-19-7-5-4-6-18(19)15-25-23(24)26-20-8-9-21(28-2)22(14-20)29-3/h4-9,14,17H,10-13,15-16H2,1-3H3,(H3,24,25,26). The topological polar surface area (TPSA) is 72.1 Å². The summed E-state index contributed by atoms with van der Waals surface area (Å²) in [5.41, 5.74) is 9.46. The minimum absolute atomic E-state index is 0.374. The van der Waals surface area contributed by atoms with Gasteiger partial charge in [0.2, 0.25) is 0 Å². The van der Waals surface area contributed by atoms with E-state index in [2.05, 4.69) is 46.4 Å². The van der Waals surface area contributed by atoms with Gasteiger partial charge in [0.25, 0.3) is 0 Å². The Morgan fingerprint density at radius 1 is 1.07 bits per heavy atom. The zero-order valence-corrected chi connectivity index (χ0v) is 17.6. The quantitative estimate of drug-likeness (QED) is 0.549. The molecule has 0 unspecified atom stereocenters. The Bertz CT molecular complexity index is 829. The molecule has 1 saturated heterocycles. The van der Waals surface area contributed by atoms with Gasteiger partial charge in [-0.2, -0.15) is 0 Å². The van der Waals surface area contributed by atoms with Gasteiger partial charge < -0.3 is 20.5 Å². The number of likely N-dealkylation sites (tertiary alicyclic amines) is 1. The molecule has 0 aromatic heterocycles. The smallest absolute Gasteiger partial charge is 0.193 e. The molecule has 0 bridgehead atoms. The second-order valence-electron chi connectivity index (χ2n) is 7.62. The van der Waals surface area contributed by atoms with Crippen molar-refractivity contribution in [3.05, 3.63) is 53.6 Å². The Morgan fingerprint density at radius 2 is 1.76 bits per heavy atom. The molecule has 0 saturated carbocycles. The molecule has 1 aliphatic heterocycles. The number of nitrogens with one attached hydrogen (secondary N) is 1. The van der Waals surface area contributed by atoms with Crippen LogP contribution in [0.15, 0.2) is 47.5 Å². The Morgan fingerprint density at radius 3 is 2.45 bits per heavy atom. The van der Waals surface area contributed by atoms with Gasteiger partial charge in [0.1, 0.15) is 0 Å². The number of nitrogens with two attached hydrogens (primary N) is 1. The molecule has 156 valence electrons. The minimum atomic E-state index is 0.374. The molecule has 6 nitrogen and oxygen atoms in total. The van der Waals surface area contributed by atoms with Gasteiger partial charge in [-0.15, -0.1) is 0 Å². The summed E-state index contributed by atoms with van der Waals surface area (Å²) in [5.74, 6) is 2.54. The predicted octanol–water partition coefficient (Wildman–Crippen LogP) is 3.86. The van der Waals surface area contributed by atoms with Crippen LogP contribution in [0.5, 0.6) is 11.5 Å². The summed E-state index contributed by atoms with van der Waals surface area (Å²) < 4.78 is 10.6. The molecular weight excluding hydrogens is 364 g/mol. The lowest BCUT2D eigenvalue weighted by Crippen LogP contribution is -2.32. The van der Waals surface area contributed by atoms with E-state index in [1.54, 1.807) is 14.2 Å². The molecule has 3 rings (SSSR count). The molecule has 0 aliphatic carbocycles. The van der Waals surface area contributed by atoms with Crippen molar-refractivity contribution in [1.82, 2.24) is 4.90 Å². The molecule has 0 radical (unpaired) electrons. The number of nitrogens with zero attached hydrogens (tertiary/aromatic N) is 2. The zero-order valence-electron chi connectivity index (χ0n) is 17.6. The summed E-state index contributed by atoms with van der Waals surface area (Å²) in [4.78, 5) is 7.08. The van der Waals surface area contributed by atoms with Crippen molar-refractivity contribution in [2.75, 3.05) is 32.6 Å². The van der Waals surface area contributed by atoms with Crippen LogP contribution in [0.25, 0.3) is 0 Å². The summed E-state index contributed by atoms with van der Waals surface area (Å²) in [5, 5.41) is 3.13. The molecule has 29 heavy (non-hydrogen) atoms. The monoisotopic (exact) mass is 396 g/mol. The van der Waals surface area contributed by atoms with Crippen LogP contribution < -0.4 is 20.5 Å². The molecular formula is C23H32N4O2. The highest BCUT2D eigenvalue weighted by molar-refractivity contribution is 5.92. The van der Waals surface area contributed by atoms with Gasteiger partial charge in [0, 0.05) is 18.3 Å². The van der Waals surface area contributed by atoms with Crippen LogP contribution >= 0.6 is 0 Å². The van der Waals surface area contributed by atoms with E-state index >= 15 is 0 Å². The molecule has 0 atom stereocenters. The number of piperidine rings is 1. The van der Waals surface area contributed by atoms with Gasteiger partial charge in [-0.05, 0) is 55.1 Å². The lowest BCUT2D eigenvalue weighted by Gasteiger charge is -2.30. The first kappa shape index (κ1) is 21.0. The highest BCUT2D eigenvalue weighted by Gasteiger charge is 2.16. The maximum absolute atomic E-state index is 6.12. The van der Waals surface area contributed by atoms with E-state index in [1.807, 2.05) is 18.2 Å². The first-order chi connectivity index (χ1) is 14.1. The average Bonchev–Trinajstić information content (AvgIpc) is 2.74. The van der Waals surface area contributed by atoms with E-state index in [4.69, 9.17) is 15.2 Å². The van der Waals surface area contributed by atoms with E-state index < -0.39 is 0 Å². The third kappa shape index (κ3) is 5.87. The highest BCUT2D eigenvalue weighted by Crippen LogP contribution is 2.29. The zero-order chi connectivity index (χ0) is 20.6. The maximum atomic E-state index is 6.12. The molecule has 2 aromatic rings. The van der Waals surface area contributed by atoms with Gasteiger partial charge in [-0.3, -0.25) is 4.90 Å². The van der Waals surface area contributed by atoms with E-state index in [0.29, 0.717) is 24.0 Å². The van der Waals surface area contributed by atoms with Crippen LogP contribution in [0.1, 0.15) is 30.9 Å². The fraction of sp³-hybridized carbons (Fsp3) is 0.435. The van der Waals surface area contributed by atoms with E-state index in [9.17, 15) is 0 Å². The van der Waals surface area contributed by atoms with Crippen LogP contribution in [0, 0.1) is 5.92 Å². The number of guanidine groups is 1. The third-order valence-corrected chi connectivity index (χ3v) is 5.46. The lowest BCUT2D eigenvalue weighted by molar-refractivity contribution is 0.185. The largest absolute Gasteiger partial charge is 0.493 e. The van der Waals surface area contributed by atoms with Gasteiger partial charge >= 0.3 is 0 Å². The number of ether oxygens (including phenoxy) is 2. The van der Waals surface area contributed by atoms with Crippen molar-refractivity contribution in [2.24, 2.45) is 16.6 Å². The first-order valence-corrected chi connectivity index (χ1v) is 10.2. The molecule has 0 spiro atoms. The molecule has 1 heterocycles. The predicted molar refractivity (Wildman–Crippen MR) is 119 cm³/mol. The SMILES string of the molecule is COc1ccc(NC(N)=NCc2ccccc2CN2CCC(C)CC2)cc1OC. The van der Waals surface area contributed by atoms with Crippen molar-refractivity contribution >= 4 is 11.6 Å². The van der Waals surface area contributed by atoms with Crippen molar-refractivity contribution < 1.29 is 9.47 Å². The summed E-state index contributed by atoms with van der Waals surface area (Å²) in [6.45, 7) is 6.20. The van der Waals surface area contributed by atoms with Crippen LogP contribution in [0.2, 0.25) is 0 Å². The Labute approximate surface area is 173 Å². The molecule has 1 aliphatic rings. The molecule has 3 N–H and O–H groups in total. The Balaban J connectivity index is 1.63. The number of hydrogen-bond acceptors (Lipinski definition) is 4. The van der Waals surface area contributed by atoms with Crippen LogP contribution in [-0.2, 0) is 13.1 Å². The minimum Gasteiger partial charge on any atom is -0.493 e. The van der Waals surface area contributed by atoms with Gasteiger partial charge in [0.05, 0.1) is 20.8 Å². The van der Waals surface area contributed by atoms with Gasteiger partial charge in [-0.25, -0.2) is 4.99 Å². The molecule has 0 amide bonds. The van der Waals surface area contributed by atoms with Gasteiger partial charge in [0.15, 0.2) is 17.5 Å². The maximum Gasteiger partial charge on any atom is 0.193 e. The average molecular weight is 397 g/mol. The van der Waals surface area contributed by atoms with Crippen molar-refractivity contribution in [2.45, 2.75) is 32.9 Å². The van der Waals surface area contributed by atoms with Crippen LogP contribution in [-0.4, -0.2) is 38.2 Å². The van der Waals surface area contributed by atoms with E-state index in [1.165, 1.54) is 37.1 Å². The second-order valence-corrected chi connectivity index (χ2v) is 7.62. The lowest BCUT2D eigenvalue weighted by atomic mass is 9.98. The Hall–Kier alpha value is -2.73. The summed E-state index contributed by atoms with van der Waals surface area (Å²) in [6.07, 6.45) is 2.56. The highest BCUT2D eigenvalue weighted by atomic mass is 16.5. The van der Waals surface area contributed by atoms with Crippen LogP contribution in [0.4, 0.5) is 5.69 Å². The fourth-order valence-corrected chi connectivity index (χ4v) is 3.60. The normalized spacial score (nSPS) is 15.9. The molecule has 2 aromatic carbocycles. The summed E-state index contributed by atoms with van der Waals surface area (Å²) >= 11 is 0. The number of benzene rings is 2. The molecule has 6 heteroatoms. The molecule has 1 fully saturated rings. The fourth-order valence-electron chi connectivity index (χ4n) is 3.60. The van der Waals surface area contributed by atoms with Crippen molar-refractivity contribution in [1.29, 1.82) is 0 Å². The number of methoxy groups -OCH3 is 2. The number of anilines is 1. The van der Waals surface area contributed by atoms with Crippen molar-refractivity contribution in [3.8, 4) is 11.5 Å². The Kier molecular flexibility index (Phi) is 7.36. The number of hydrogen-bond donors (Lipinski definition) is 2. The van der Waals surface area contributed by atoms with Crippen molar-refractivity contribution in [3.63, 3.8) is 0 Å². The third-order valence-electron chi connectivity index (χ3n) is 5.46. The van der Waals surface area contributed by atoms with E-state index in [0.717, 1.165) is 18.2 Å². The number of aliphatic imine (C=N–C) groups is 1.